The molecule has 0 aliphatic heterocycles. The third-order valence-corrected chi connectivity index (χ3v) is 1.67. The monoisotopic (exact) mass is 187 g/mol. The normalized spacial score (nSPS) is 9.92. The second kappa shape index (κ2) is 3.58. The fraction of sp³-hybridized carbons (Fsp3) is 0.429. The molecule has 0 saturated heterocycles. The van der Waals surface area contributed by atoms with E-state index in [9.17, 15) is 0 Å². The molecular weight excluding hydrogens is 178 g/mol. The largest absolute Gasteiger partial charge is 0.490 e. The minimum absolute atomic E-state index is 0.266. The van der Waals surface area contributed by atoms with Crippen LogP contribution in [0.15, 0.2) is 0 Å². The molecule has 66 valence electrons. The lowest BCUT2D eigenvalue weighted by Crippen LogP contribution is -2.02. The summed E-state index contributed by atoms with van der Waals surface area (Å²) in [6.07, 6.45) is 0.702. The predicted octanol–water partition coefficient (Wildman–Crippen LogP) is 1.28. The van der Waals surface area contributed by atoms with Gasteiger partial charge in [-0.25, -0.2) is 9.97 Å². The summed E-state index contributed by atoms with van der Waals surface area (Å²) in [6.45, 7) is 1.93. The summed E-state index contributed by atoms with van der Waals surface area (Å²) < 4.78 is 4.89. The lowest BCUT2D eigenvalue weighted by atomic mass is 10.4. The Morgan fingerprint density at radius 1 is 1.50 bits per heavy atom. The first-order chi connectivity index (χ1) is 5.69. The third-order valence-electron chi connectivity index (χ3n) is 1.42. The highest BCUT2D eigenvalue weighted by Crippen LogP contribution is 2.26. The van der Waals surface area contributed by atoms with Crippen LogP contribution in [0.1, 0.15) is 12.7 Å². The number of halogens is 1. The van der Waals surface area contributed by atoms with E-state index in [2.05, 4.69) is 9.97 Å². The van der Waals surface area contributed by atoms with Gasteiger partial charge in [-0.15, -0.1) is 0 Å². The number of hydrogen-bond donors (Lipinski definition) is 1. The van der Waals surface area contributed by atoms with Crippen molar-refractivity contribution in [3.8, 4) is 5.75 Å². The van der Waals surface area contributed by atoms with Gasteiger partial charge in [0, 0.05) is 6.42 Å². The highest BCUT2D eigenvalue weighted by molar-refractivity contribution is 6.31. The first kappa shape index (κ1) is 9.06. The Morgan fingerprint density at radius 3 is 2.58 bits per heavy atom. The molecule has 1 aromatic heterocycles. The first-order valence-corrected chi connectivity index (χ1v) is 3.92. The van der Waals surface area contributed by atoms with E-state index in [0.717, 1.165) is 0 Å². The summed E-state index contributed by atoms with van der Waals surface area (Å²) in [7, 11) is 1.48. The molecule has 0 aliphatic rings. The molecule has 0 fully saturated rings. The van der Waals surface area contributed by atoms with Crippen molar-refractivity contribution in [2.24, 2.45) is 0 Å². The molecule has 0 atom stereocenters. The Kier molecular flexibility index (Phi) is 2.70. The number of aryl methyl sites for hydroxylation is 1. The number of aromatic nitrogens is 2. The summed E-state index contributed by atoms with van der Waals surface area (Å²) in [6, 6.07) is 0. The van der Waals surface area contributed by atoms with Gasteiger partial charge in [-0.05, 0) is 0 Å². The molecule has 0 radical (unpaired) electrons. The second-order valence-electron chi connectivity index (χ2n) is 2.20. The number of anilines is 1. The fourth-order valence-corrected chi connectivity index (χ4v) is 1.10. The molecule has 4 nitrogen and oxygen atoms in total. The number of nitrogen functional groups attached to an aromatic ring is 1. The summed E-state index contributed by atoms with van der Waals surface area (Å²) >= 11 is 5.76. The molecule has 12 heavy (non-hydrogen) atoms. The van der Waals surface area contributed by atoms with E-state index in [4.69, 9.17) is 22.1 Å². The molecule has 0 spiro atoms. The van der Waals surface area contributed by atoms with Crippen LogP contribution in [0.4, 0.5) is 5.82 Å². The smallest absolute Gasteiger partial charge is 0.198 e. The van der Waals surface area contributed by atoms with Gasteiger partial charge in [0.05, 0.1) is 7.11 Å². The standard InChI is InChI=1S/C7H10ClN3O/c1-3-4-10-6(8)5(12-2)7(9)11-4/h3H2,1-2H3,(H2,9,10,11). The van der Waals surface area contributed by atoms with Gasteiger partial charge in [-0.2, -0.15) is 0 Å². The van der Waals surface area contributed by atoms with Crippen LogP contribution in [-0.4, -0.2) is 17.1 Å². The highest BCUT2D eigenvalue weighted by Gasteiger charge is 2.09. The maximum absolute atomic E-state index is 5.76. The van der Waals surface area contributed by atoms with Gasteiger partial charge >= 0.3 is 0 Å². The van der Waals surface area contributed by atoms with E-state index in [1.807, 2.05) is 6.92 Å². The zero-order valence-corrected chi connectivity index (χ0v) is 7.72. The predicted molar refractivity (Wildman–Crippen MR) is 47.4 cm³/mol. The van der Waals surface area contributed by atoms with Gasteiger partial charge in [0.25, 0.3) is 0 Å². The second-order valence-corrected chi connectivity index (χ2v) is 2.56. The highest BCUT2D eigenvalue weighted by atomic mass is 35.5. The number of ether oxygens (including phenoxy) is 1. The maximum Gasteiger partial charge on any atom is 0.198 e. The molecule has 0 aromatic carbocycles. The van der Waals surface area contributed by atoms with E-state index in [1.54, 1.807) is 0 Å². The van der Waals surface area contributed by atoms with Crippen molar-refractivity contribution in [3.05, 3.63) is 11.0 Å². The molecule has 2 N–H and O–H groups in total. The van der Waals surface area contributed by atoms with Gasteiger partial charge in [0.15, 0.2) is 16.7 Å². The van der Waals surface area contributed by atoms with Gasteiger partial charge in [0.1, 0.15) is 5.82 Å². The van der Waals surface area contributed by atoms with E-state index >= 15 is 0 Å². The van der Waals surface area contributed by atoms with Crippen LogP contribution in [0.25, 0.3) is 0 Å². The zero-order valence-electron chi connectivity index (χ0n) is 6.97. The summed E-state index contributed by atoms with van der Waals surface area (Å²) in [5.41, 5.74) is 5.55. The zero-order chi connectivity index (χ0) is 9.14. The van der Waals surface area contributed by atoms with Gasteiger partial charge in [0.2, 0.25) is 0 Å². The summed E-state index contributed by atoms with van der Waals surface area (Å²) in [4.78, 5) is 7.95. The van der Waals surface area contributed by atoms with Gasteiger partial charge < -0.3 is 10.5 Å². The van der Waals surface area contributed by atoms with Crippen molar-refractivity contribution in [1.29, 1.82) is 0 Å². The molecule has 0 unspecified atom stereocenters. The summed E-state index contributed by atoms with van der Waals surface area (Å²) in [5, 5.41) is 0.266. The van der Waals surface area contributed by atoms with Crippen molar-refractivity contribution in [2.75, 3.05) is 12.8 Å². The van der Waals surface area contributed by atoms with Crippen molar-refractivity contribution >= 4 is 17.4 Å². The van der Waals surface area contributed by atoms with Crippen LogP contribution in [0.2, 0.25) is 5.15 Å². The maximum atomic E-state index is 5.76. The topological polar surface area (TPSA) is 61.0 Å². The average molecular weight is 188 g/mol. The Morgan fingerprint density at radius 2 is 2.17 bits per heavy atom. The quantitative estimate of drug-likeness (QED) is 0.709. The molecule has 0 saturated carbocycles. The van der Waals surface area contributed by atoms with Crippen LogP contribution in [0, 0.1) is 0 Å². The van der Waals surface area contributed by atoms with E-state index in [-0.39, 0.29) is 11.0 Å². The lowest BCUT2D eigenvalue weighted by Gasteiger charge is -2.05. The van der Waals surface area contributed by atoms with Crippen molar-refractivity contribution in [3.63, 3.8) is 0 Å². The Hall–Kier alpha value is -1.03. The molecule has 5 heteroatoms. The number of rotatable bonds is 2. The number of nitrogens with two attached hydrogens (primary N) is 1. The van der Waals surface area contributed by atoms with Crippen molar-refractivity contribution < 1.29 is 4.74 Å². The Bertz CT molecular complexity index is 267. The van der Waals surface area contributed by atoms with Crippen LogP contribution in [-0.2, 0) is 6.42 Å². The molecule has 1 aromatic rings. The van der Waals surface area contributed by atoms with Crippen LogP contribution in [0.3, 0.4) is 0 Å². The van der Waals surface area contributed by atoms with Crippen LogP contribution >= 0.6 is 11.6 Å². The summed E-state index contributed by atoms with van der Waals surface area (Å²) in [5.74, 6) is 1.25. The average Bonchev–Trinajstić information content (AvgIpc) is 2.03. The fourth-order valence-electron chi connectivity index (χ4n) is 0.831. The SMILES string of the molecule is CCc1nc(N)c(OC)c(Cl)n1. The van der Waals surface area contributed by atoms with E-state index in [1.165, 1.54) is 7.11 Å². The molecule has 0 amide bonds. The molecule has 1 rings (SSSR count). The molecular formula is C7H10ClN3O. The van der Waals surface area contributed by atoms with Gasteiger partial charge in [-0.1, -0.05) is 18.5 Å². The lowest BCUT2D eigenvalue weighted by molar-refractivity contribution is 0.413. The molecule has 0 bridgehead atoms. The minimum atomic E-state index is 0.266. The van der Waals surface area contributed by atoms with Gasteiger partial charge in [-0.3, -0.25) is 0 Å². The number of methoxy groups -OCH3 is 1. The molecule has 1 heterocycles. The Balaban J connectivity index is 3.18. The van der Waals surface area contributed by atoms with E-state index in [0.29, 0.717) is 18.0 Å². The van der Waals surface area contributed by atoms with Crippen LogP contribution in [0.5, 0.6) is 5.75 Å². The van der Waals surface area contributed by atoms with Crippen LogP contribution < -0.4 is 10.5 Å². The minimum Gasteiger partial charge on any atom is -0.490 e. The van der Waals surface area contributed by atoms with E-state index < -0.39 is 0 Å². The number of nitrogens with zero attached hydrogens (tertiary/aromatic N) is 2. The number of hydrogen-bond acceptors (Lipinski definition) is 4. The molecule has 0 aliphatic carbocycles. The third kappa shape index (κ3) is 1.58. The van der Waals surface area contributed by atoms with Crippen molar-refractivity contribution in [2.45, 2.75) is 13.3 Å². The van der Waals surface area contributed by atoms with Crippen molar-refractivity contribution in [1.82, 2.24) is 9.97 Å². The first-order valence-electron chi connectivity index (χ1n) is 3.55. The Labute approximate surface area is 75.7 Å².